The summed E-state index contributed by atoms with van der Waals surface area (Å²) in [4.78, 5) is 37.4. The first kappa shape index (κ1) is 19.3. The van der Waals surface area contributed by atoms with Crippen LogP contribution in [0.3, 0.4) is 0 Å². The van der Waals surface area contributed by atoms with E-state index in [4.69, 9.17) is 5.11 Å². The lowest BCUT2D eigenvalue weighted by molar-refractivity contribution is -0.137. The fourth-order valence-electron chi connectivity index (χ4n) is 2.85. The molecule has 1 aliphatic heterocycles. The molecule has 7 nitrogen and oxygen atoms in total. The van der Waals surface area contributed by atoms with Gasteiger partial charge in [0, 0.05) is 23.0 Å². The molecular formula is C21H21N3O4. The molecule has 28 heavy (non-hydrogen) atoms. The van der Waals surface area contributed by atoms with Gasteiger partial charge in [-0.15, -0.1) is 0 Å². The van der Waals surface area contributed by atoms with Gasteiger partial charge in [-0.1, -0.05) is 12.1 Å². The number of imide groups is 1. The van der Waals surface area contributed by atoms with Gasteiger partial charge in [0.1, 0.15) is 5.70 Å². The van der Waals surface area contributed by atoms with Gasteiger partial charge < -0.3 is 15.7 Å². The highest BCUT2D eigenvalue weighted by Crippen LogP contribution is 2.20. The molecule has 0 bridgehead atoms. The van der Waals surface area contributed by atoms with Crippen LogP contribution < -0.4 is 10.6 Å². The predicted octanol–water partition coefficient (Wildman–Crippen LogP) is 2.21. The molecule has 3 rings (SSSR count). The van der Waals surface area contributed by atoms with Gasteiger partial charge in [-0.2, -0.15) is 0 Å². The van der Waals surface area contributed by atoms with Gasteiger partial charge in [-0.05, 0) is 55.3 Å². The van der Waals surface area contributed by atoms with Crippen LogP contribution in [0.5, 0.6) is 0 Å². The Hall–Kier alpha value is -3.45. The highest BCUT2D eigenvalue weighted by molar-refractivity contribution is 6.17. The number of anilines is 2. The van der Waals surface area contributed by atoms with E-state index >= 15 is 0 Å². The van der Waals surface area contributed by atoms with Crippen molar-refractivity contribution in [1.82, 2.24) is 4.90 Å². The molecule has 0 saturated carbocycles. The van der Waals surface area contributed by atoms with Crippen molar-refractivity contribution in [3.63, 3.8) is 0 Å². The van der Waals surface area contributed by atoms with Crippen LogP contribution in [0.4, 0.5) is 11.4 Å². The number of nitrogens with zero attached hydrogens (tertiary/aromatic N) is 1. The number of rotatable bonds is 6. The third-order valence-electron chi connectivity index (χ3n) is 4.61. The Morgan fingerprint density at radius 3 is 2.46 bits per heavy atom. The van der Waals surface area contributed by atoms with Crippen molar-refractivity contribution in [3.05, 3.63) is 70.9 Å². The molecule has 0 spiro atoms. The highest BCUT2D eigenvalue weighted by atomic mass is 16.3. The fraction of sp³-hybridized carbons (Fsp3) is 0.190. The lowest BCUT2D eigenvalue weighted by Gasteiger charge is -2.13. The molecule has 2 aromatic rings. The van der Waals surface area contributed by atoms with Crippen molar-refractivity contribution in [2.75, 3.05) is 23.8 Å². The summed E-state index contributed by atoms with van der Waals surface area (Å²) in [6.45, 7) is 3.60. The minimum atomic E-state index is -0.490. The maximum atomic E-state index is 12.5. The summed E-state index contributed by atoms with van der Waals surface area (Å²) in [6.07, 6.45) is 1.19. The number of aryl methyl sites for hydroxylation is 1. The van der Waals surface area contributed by atoms with Gasteiger partial charge in [0.05, 0.1) is 13.2 Å². The van der Waals surface area contributed by atoms with E-state index in [9.17, 15) is 14.4 Å². The quantitative estimate of drug-likeness (QED) is 0.669. The number of β-amino-alcohol motifs (C(OH)–C–C–N with tert-alkyl or cyclic N) is 1. The van der Waals surface area contributed by atoms with Crippen LogP contribution >= 0.6 is 0 Å². The number of carbonyl (C=O) groups excluding carboxylic acids is 3. The van der Waals surface area contributed by atoms with Gasteiger partial charge in [-0.25, -0.2) is 0 Å². The van der Waals surface area contributed by atoms with E-state index in [1.165, 1.54) is 6.08 Å². The van der Waals surface area contributed by atoms with Gasteiger partial charge in [0.2, 0.25) is 0 Å². The van der Waals surface area contributed by atoms with E-state index in [0.717, 1.165) is 21.7 Å². The van der Waals surface area contributed by atoms with E-state index in [2.05, 4.69) is 10.6 Å². The average molecular weight is 379 g/mol. The number of carbonyl (C=O) groups is 3. The summed E-state index contributed by atoms with van der Waals surface area (Å²) in [7, 11) is 0. The molecule has 7 heteroatoms. The van der Waals surface area contributed by atoms with Crippen LogP contribution in [0.2, 0.25) is 0 Å². The SMILES string of the molecule is Cc1cccc(NC(=O)c2ccc(NC3=CC(=O)N(CCO)C3=O)cc2)c1C. The summed E-state index contributed by atoms with van der Waals surface area (Å²) in [6, 6.07) is 12.3. The zero-order chi connectivity index (χ0) is 20.3. The summed E-state index contributed by atoms with van der Waals surface area (Å²) < 4.78 is 0. The van der Waals surface area contributed by atoms with Gasteiger partial charge in [-0.3, -0.25) is 19.3 Å². The number of aliphatic hydroxyl groups is 1. The predicted molar refractivity (Wildman–Crippen MR) is 106 cm³/mol. The molecule has 3 amide bonds. The Morgan fingerprint density at radius 1 is 1.07 bits per heavy atom. The molecule has 1 heterocycles. The molecule has 0 radical (unpaired) electrons. The van der Waals surface area contributed by atoms with Crippen LogP contribution in [-0.4, -0.2) is 40.9 Å². The first-order chi connectivity index (χ1) is 13.4. The summed E-state index contributed by atoms with van der Waals surface area (Å²) in [5.74, 6) is -1.19. The van der Waals surface area contributed by atoms with Crippen molar-refractivity contribution in [3.8, 4) is 0 Å². The standard InChI is InChI=1S/C21H21N3O4/c1-13-4-3-5-17(14(13)2)23-20(27)15-6-8-16(9-7-15)22-18-12-19(26)24(10-11-25)21(18)28/h3-9,12,22,25H,10-11H2,1-2H3,(H,23,27). The lowest BCUT2D eigenvalue weighted by atomic mass is 10.1. The monoisotopic (exact) mass is 379 g/mol. The zero-order valence-electron chi connectivity index (χ0n) is 15.7. The largest absolute Gasteiger partial charge is 0.395 e. The van der Waals surface area contributed by atoms with Crippen molar-refractivity contribution >= 4 is 29.1 Å². The second kappa shape index (κ2) is 8.06. The van der Waals surface area contributed by atoms with Crippen LogP contribution in [0.25, 0.3) is 0 Å². The minimum Gasteiger partial charge on any atom is -0.395 e. The number of hydrogen-bond donors (Lipinski definition) is 3. The van der Waals surface area contributed by atoms with E-state index in [1.807, 2.05) is 32.0 Å². The molecule has 2 aromatic carbocycles. The van der Waals surface area contributed by atoms with Crippen molar-refractivity contribution in [2.24, 2.45) is 0 Å². The number of nitrogens with one attached hydrogen (secondary N) is 2. The molecule has 0 fully saturated rings. The van der Waals surface area contributed by atoms with Gasteiger partial charge in [0.15, 0.2) is 0 Å². The summed E-state index contributed by atoms with van der Waals surface area (Å²) >= 11 is 0. The Morgan fingerprint density at radius 2 is 1.79 bits per heavy atom. The van der Waals surface area contributed by atoms with Gasteiger partial charge in [0.25, 0.3) is 17.7 Å². The first-order valence-corrected chi connectivity index (χ1v) is 8.83. The number of hydrogen-bond acceptors (Lipinski definition) is 5. The van der Waals surface area contributed by atoms with Crippen molar-refractivity contribution in [1.29, 1.82) is 0 Å². The molecular weight excluding hydrogens is 358 g/mol. The van der Waals surface area contributed by atoms with Crippen molar-refractivity contribution in [2.45, 2.75) is 13.8 Å². The zero-order valence-corrected chi connectivity index (χ0v) is 15.7. The Balaban J connectivity index is 1.68. The maximum absolute atomic E-state index is 12.5. The number of benzene rings is 2. The van der Waals surface area contributed by atoms with Crippen molar-refractivity contribution < 1.29 is 19.5 Å². The Bertz CT molecular complexity index is 964. The smallest absolute Gasteiger partial charge is 0.277 e. The third-order valence-corrected chi connectivity index (χ3v) is 4.61. The van der Waals surface area contributed by atoms with Gasteiger partial charge >= 0.3 is 0 Å². The fourth-order valence-corrected chi connectivity index (χ4v) is 2.85. The average Bonchev–Trinajstić information content (AvgIpc) is 2.94. The van der Waals surface area contributed by atoms with Crippen LogP contribution in [-0.2, 0) is 9.59 Å². The maximum Gasteiger partial charge on any atom is 0.277 e. The number of aliphatic hydroxyl groups excluding tert-OH is 1. The second-order valence-electron chi connectivity index (χ2n) is 6.48. The molecule has 3 N–H and O–H groups in total. The third kappa shape index (κ3) is 3.94. The molecule has 1 aliphatic rings. The van der Waals surface area contributed by atoms with Crippen LogP contribution in [0.15, 0.2) is 54.2 Å². The van der Waals surface area contributed by atoms with E-state index < -0.39 is 11.8 Å². The lowest BCUT2D eigenvalue weighted by Crippen LogP contribution is -2.34. The molecule has 0 atom stereocenters. The first-order valence-electron chi connectivity index (χ1n) is 8.83. The number of amides is 3. The van der Waals surface area contributed by atoms with E-state index in [-0.39, 0.29) is 24.8 Å². The molecule has 0 unspecified atom stereocenters. The van der Waals surface area contributed by atoms with Crippen LogP contribution in [0, 0.1) is 13.8 Å². The van der Waals surface area contributed by atoms with E-state index in [1.54, 1.807) is 24.3 Å². The van der Waals surface area contributed by atoms with Crippen LogP contribution in [0.1, 0.15) is 21.5 Å². The van der Waals surface area contributed by atoms with E-state index in [0.29, 0.717) is 11.3 Å². The topological polar surface area (TPSA) is 98.7 Å². The highest BCUT2D eigenvalue weighted by Gasteiger charge is 2.30. The second-order valence-corrected chi connectivity index (χ2v) is 6.48. The molecule has 0 aliphatic carbocycles. The molecule has 144 valence electrons. The molecule has 0 saturated heterocycles. The summed E-state index contributed by atoms with van der Waals surface area (Å²) in [5.41, 5.74) is 4.04. The Kier molecular flexibility index (Phi) is 5.56. The minimum absolute atomic E-state index is 0.0448. The molecule has 0 aromatic heterocycles. The summed E-state index contributed by atoms with van der Waals surface area (Å²) in [5, 5.41) is 14.7. The Labute approximate surface area is 162 Å². The normalized spacial score (nSPS) is 13.5.